The molecule has 0 saturated heterocycles. The van der Waals surface area contributed by atoms with Crippen LogP contribution in [0.15, 0.2) is 35.2 Å². The minimum atomic E-state index is -3.78. The lowest BCUT2D eigenvalue weighted by Crippen LogP contribution is -2.12. The molecule has 0 saturated carbocycles. The van der Waals surface area contributed by atoms with Crippen LogP contribution in [0.2, 0.25) is 0 Å². The van der Waals surface area contributed by atoms with E-state index in [1.54, 1.807) is 43.7 Å². The van der Waals surface area contributed by atoms with Crippen molar-refractivity contribution in [2.24, 2.45) is 5.14 Å². The molecule has 0 bridgehead atoms. The first kappa shape index (κ1) is 18.0. The molecule has 0 aliphatic carbocycles. The summed E-state index contributed by atoms with van der Waals surface area (Å²) < 4.78 is 29.5. The van der Waals surface area contributed by atoms with Gasteiger partial charge in [0.2, 0.25) is 10.0 Å². The fraction of sp³-hybridized carbons (Fsp3) is 0.235. The van der Waals surface area contributed by atoms with E-state index in [1.807, 2.05) is 0 Å². The second-order valence-corrected chi connectivity index (χ2v) is 7.33. The Bertz CT molecular complexity index is 1100. The summed E-state index contributed by atoms with van der Waals surface area (Å²) in [4.78, 5) is 16.8. The standard InChI is InChI=1S/C17H18N4O4S/c1-4-25-17(22)14-9-10(2)19-16-15(14)11(3)20-21(16)12-5-7-13(8-6-12)26(18,23)24/h5-9H,4H2,1-3H3,(H2,18,23,24). The third-order valence-corrected chi connectivity index (χ3v) is 4.78. The van der Waals surface area contributed by atoms with E-state index in [2.05, 4.69) is 10.1 Å². The summed E-state index contributed by atoms with van der Waals surface area (Å²) >= 11 is 0. The molecule has 8 nitrogen and oxygen atoms in total. The van der Waals surface area contributed by atoms with Gasteiger partial charge in [0.25, 0.3) is 0 Å². The van der Waals surface area contributed by atoms with Crippen molar-refractivity contribution in [2.75, 3.05) is 6.61 Å². The lowest BCUT2D eigenvalue weighted by Gasteiger charge is -2.07. The fourth-order valence-electron chi connectivity index (χ4n) is 2.74. The Labute approximate surface area is 150 Å². The minimum absolute atomic E-state index is 0.00536. The van der Waals surface area contributed by atoms with Gasteiger partial charge in [-0.2, -0.15) is 5.10 Å². The normalized spacial score (nSPS) is 11.7. The zero-order valence-corrected chi connectivity index (χ0v) is 15.4. The highest BCUT2D eigenvalue weighted by molar-refractivity contribution is 7.89. The molecule has 3 rings (SSSR count). The number of hydrogen-bond donors (Lipinski definition) is 1. The van der Waals surface area contributed by atoms with Crippen LogP contribution in [0, 0.1) is 13.8 Å². The number of nitrogens with zero attached hydrogens (tertiary/aromatic N) is 3. The Morgan fingerprint density at radius 2 is 1.88 bits per heavy atom. The van der Waals surface area contributed by atoms with Gasteiger partial charge in [-0.3, -0.25) is 0 Å². The number of aromatic nitrogens is 3. The first-order valence-corrected chi connectivity index (χ1v) is 9.44. The van der Waals surface area contributed by atoms with Crippen LogP contribution >= 0.6 is 0 Å². The van der Waals surface area contributed by atoms with Gasteiger partial charge in [0.05, 0.1) is 33.8 Å². The molecule has 2 N–H and O–H groups in total. The molecule has 0 spiro atoms. The minimum Gasteiger partial charge on any atom is -0.462 e. The van der Waals surface area contributed by atoms with Crippen molar-refractivity contribution in [1.82, 2.24) is 14.8 Å². The Kier molecular flexibility index (Phi) is 4.51. The predicted molar refractivity (Wildman–Crippen MR) is 95.7 cm³/mol. The van der Waals surface area contributed by atoms with E-state index in [0.29, 0.717) is 33.7 Å². The van der Waals surface area contributed by atoms with Gasteiger partial charge in [0.1, 0.15) is 0 Å². The molecule has 0 aliphatic rings. The van der Waals surface area contributed by atoms with E-state index < -0.39 is 16.0 Å². The number of sulfonamides is 1. The molecule has 1 aromatic carbocycles. The number of pyridine rings is 1. The number of carbonyl (C=O) groups is 1. The van der Waals surface area contributed by atoms with Crippen LogP contribution in [0.5, 0.6) is 0 Å². The van der Waals surface area contributed by atoms with Crippen molar-refractivity contribution in [3.8, 4) is 5.69 Å². The number of fused-ring (bicyclic) bond motifs is 1. The summed E-state index contributed by atoms with van der Waals surface area (Å²) in [6.45, 7) is 5.56. The van der Waals surface area contributed by atoms with Crippen molar-refractivity contribution in [3.63, 3.8) is 0 Å². The van der Waals surface area contributed by atoms with Crippen LogP contribution in [-0.2, 0) is 14.8 Å². The Morgan fingerprint density at radius 1 is 1.23 bits per heavy atom. The highest BCUT2D eigenvalue weighted by atomic mass is 32.2. The molecule has 0 atom stereocenters. The molecule has 0 unspecified atom stereocenters. The number of benzene rings is 1. The Balaban J connectivity index is 2.21. The summed E-state index contributed by atoms with van der Waals surface area (Å²) in [5.41, 5.74) is 2.76. The zero-order chi connectivity index (χ0) is 19.1. The van der Waals surface area contributed by atoms with Crippen molar-refractivity contribution < 1.29 is 17.9 Å². The fourth-order valence-corrected chi connectivity index (χ4v) is 3.26. The average Bonchev–Trinajstić information content (AvgIpc) is 2.90. The number of carbonyl (C=O) groups excluding carboxylic acids is 1. The van der Waals surface area contributed by atoms with E-state index in [0.717, 1.165) is 0 Å². The van der Waals surface area contributed by atoms with Crippen LogP contribution in [-0.4, -0.2) is 35.8 Å². The van der Waals surface area contributed by atoms with Gasteiger partial charge in [0.15, 0.2) is 5.65 Å². The molecule has 0 amide bonds. The topological polar surface area (TPSA) is 117 Å². The molecule has 26 heavy (non-hydrogen) atoms. The molecular formula is C17H18N4O4S. The molecular weight excluding hydrogens is 356 g/mol. The lowest BCUT2D eigenvalue weighted by molar-refractivity contribution is 0.0528. The molecule has 2 aromatic heterocycles. The quantitative estimate of drug-likeness (QED) is 0.697. The number of rotatable bonds is 4. The summed E-state index contributed by atoms with van der Waals surface area (Å²) in [7, 11) is -3.78. The van der Waals surface area contributed by atoms with Crippen LogP contribution in [0.3, 0.4) is 0 Å². The summed E-state index contributed by atoms with van der Waals surface area (Å²) in [6.07, 6.45) is 0. The van der Waals surface area contributed by atoms with E-state index in [1.165, 1.54) is 12.1 Å². The van der Waals surface area contributed by atoms with Crippen molar-refractivity contribution in [2.45, 2.75) is 25.7 Å². The van der Waals surface area contributed by atoms with Crippen LogP contribution in [0.1, 0.15) is 28.7 Å². The maximum atomic E-state index is 12.3. The van der Waals surface area contributed by atoms with Crippen molar-refractivity contribution in [3.05, 3.63) is 47.3 Å². The SMILES string of the molecule is CCOC(=O)c1cc(C)nc2c1c(C)nn2-c1ccc(S(N)(=O)=O)cc1. The predicted octanol–water partition coefficient (Wildman–Crippen LogP) is 1.86. The first-order chi connectivity index (χ1) is 12.2. The van der Waals surface area contributed by atoms with Gasteiger partial charge in [0, 0.05) is 5.69 Å². The van der Waals surface area contributed by atoms with E-state index >= 15 is 0 Å². The number of ether oxygens (including phenoxy) is 1. The Morgan fingerprint density at radius 3 is 2.46 bits per heavy atom. The number of aryl methyl sites for hydroxylation is 2. The third-order valence-electron chi connectivity index (χ3n) is 3.85. The number of hydrogen-bond acceptors (Lipinski definition) is 6. The largest absolute Gasteiger partial charge is 0.462 e. The van der Waals surface area contributed by atoms with Gasteiger partial charge in [-0.25, -0.2) is 28.0 Å². The van der Waals surface area contributed by atoms with E-state index in [9.17, 15) is 13.2 Å². The third kappa shape index (κ3) is 3.18. The van der Waals surface area contributed by atoms with Gasteiger partial charge in [-0.1, -0.05) is 0 Å². The van der Waals surface area contributed by atoms with Crippen LogP contribution in [0.4, 0.5) is 0 Å². The molecule has 0 radical (unpaired) electrons. The van der Waals surface area contributed by atoms with Gasteiger partial charge < -0.3 is 4.74 Å². The van der Waals surface area contributed by atoms with Gasteiger partial charge in [-0.15, -0.1) is 0 Å². The second kappa shape index (κ2) is 6.50. The smallest absolute Gasteiger partial charge is 0.339 e. The van der Waals surface area contributed by atoms with Crippen molar-refractivity contribution >= 4 is 27.0 Å². The van der Waals surface area contributed by atoms with Gasteiger partial charge in [-0.05, 0) is 51.1 Å². The summed E-state index contributed by atoms with van der Waals surface area (Å²) in [5.74, 6) is -0.435. The van der Waals surface area contributed by atoms with Crippen molar-refractivity contribution in [1.29, 1.82) is 0 Å². The molecule has 0 fully saturated rings. The highest BCUT2D eigenvalue weighted by Gasteiger charge is 2.20. The number of esters is 1. The number of primary sulfonamides is 1. The molecule has 136 valence electrons. The number of nitrogens with two attached hydrogens (primary N) is 1. The molecule has 2 heterocycles. The monoisotopic (exact) mass is 374 g/mol. The average molecular weight is 374 g/mol. The first-order valence-electron chi connectivity index (χ1n) is 7.89. The summed E-state index contributed by atoms with van der Waals surface area (Å²) in [5, 5.41) is 10.2. The summed E-state index contributed by atoms with van der Waals surface area (Å²) in [6, 6.07) is 7.63. The Hall–Kier alpha value is -2.78. The maximum Gasteiger partial charge on any atom is 0.339 e. The zero-order valence-electron chi connectivity index (χ0n) is 14.6. The lowest BCUT2D eigenvalue weighted by atomic mass is 10.1. The van der Waals surface area contributed by atoms with Gasteiger partial charge >= 0.3 is 5.97 Å². The molecule has 0 aliphatic heterocycles. The molecule has 9 heteroatoms. The maximum absolute atomic E-state index is 12.3. The molecule has 3 aromatic rings. The second-order valence-electron chi connectivity index (χ2n) is 5.77. The van der Waals surface area contributed by atoms with Crippen LogP contribution < -0.4 is 5.14 Å². The highest BCUT2D eigenvalue weighted by Crippen LogP contribution is 2.25. The van der Waals surface area contributed by atoms with E-state index in [-0.39, 0.29) is 11.5 Å². The van der Waals surface area contributed by atoms with Crippen LogP contribution in [0.25, 0.3) is 16.7 Å². The van der Waals surface area contributed by atoms with E-state index in [4.69, 9.17) is 9.88 Å².